The van der Waals surface area contributed by atoms with Crippen molar-refractivity contribution >= 4 is 11.9 Å². The van der Waals surface area contributed by atoms with Gasteiger partial charge >= 0.3 is 5.97 Å². The maximum atomic E-state index is 12.1. The van der Waals surface area contributed by atoms with Crippen molar-refractivity contribution in [3.63, 3.8) is 0 Å². The fraction of sp³-hybridized carbons (Fsp3) is 0.357. The molecule has 0 atom stereocenters. The second-order valence-corrected chi connectivity index (χ2v) is 5.33. The van der Waals surface area contributed by atoms with E-state index in [4.69, 9.17) is 5.11 Å². The van der Waals surface area contributed by atoms with Gasteiger partial charge in [0.2, 0.25) is 11.7 Å². The first-order valence-corrected chi connectivity index (χ1v) is 6.65. The number of hydrogen-bond donors (Lipinski definition) is 1. The largest absolute Gasteiger partial charge is 0.480 e. The van der Waals surface area contributed by atoms with Crippen LogP contribution in [0.1, 0.15) is 13.8 Å². The maximum Gasteiger partial charge on any atom is 0.329 e. The number of carboxylic acids is 1. The van der Waals surface area contributed by atoms with Gasteiger partial charge in [-0.15, -0.1) is 10.2 Å². The number of aliphatic carboxylic acids is 1. The van der Waals surface area contributed by atoms with Crippen LogP contribution >= 0.6 is 0 Å². The number of amides is 1. The molecule has 8 heteroatoms. The molecule has 8 nitrogen and oxygen atoms in total. The summed E-state index contributed by atoms with van der Waals surface area (Å²) in [4.78, 5) is 25.6. The van der Waals surface area contributed by atoms with Gasteiger partial charge in [0, 0.05) is 12.6 Å². The minimum atomic E-state index is -1.31. The van der Waals surface area contributed by atoms with E-state index in [2.05, 4.69) is 15.4 Å². The van der Waals surface area contributed by atoms with Crippen LogP contribution in [-0.4, -0.2) is 54.7 Å². The predicted molar refractivity (Wildman–Crippen MR) is 77.7 cm³/mol. The molecule has 1 N–H and O–H groups in total. The lowest BCUT2D eigenvalue weighted by Crippen LogP contribution is -2.51. The molecular weight excluding hydrogens is 286 g/mol. The second kappa shape index (κ2) is 5.92. The van der Waals surface area contributed by atoms with Gasteiger partial charge < -0.3 is 10.0 Å². The zero-order valence-corrected chi connectivity index (χ0v) is 12.6. The van der Waals surface area contributed by atoms with Gasteiger partial charge in [-0.3, -0.25) is 4.79 Å². The number of tetrazole rings is 1. The molecule has 22 heavy (non-hydrogen) atoms. The lowest BCUT2D eigenvalue weighted by molar-refractivity contribution is -0.155. The highest BCUT2D eigenvalue weighted by Gasteiger charge is 2.35. The van der Waals surface area contributed by atoms with Crippen molar-refractivity contribution in [1.29, 1.82) is 0 Å². The van der Waals surface area contributed by atoms with Crippen LogP contribution in [0.15, 0.2) is 30.3 Å². The van der Waals surface area contributed by atoms with Gasteiger partial charge in [0.25, 0.3) is 0 Å². The van der Waals surface area contributed by atoms with Gasteiger partial charge in [-0.2, -0.15) is 4.80 Å². The Hall–Kier alpha value is -2.77. The fourth-order valence-corrected chi connectivity index (χ4v) is 1.70. The highest BCUT2D eigenvalue weighted by molar-refractivity contribution is 5.86. The van der Waals surface area contributed by atoms with E-state index in [-0.39, 0.29) is 6.54 Å². The molecule has 0 aliphatic heterocycles. The number of aromatic nitrogens is 4. The molecule has 0 saturated heterocycles. The van der Waals surface area contributed by atoms with Crippen molar-refractivity contribution < 1.29 is 14.7 Å². The number of nitrogens with zero attached hydrogens (tertiary/aromatic N) is 5. The Morgan fingerprint density at radius 2 is 1.91 bits per heavy atom. The molecule has 1 aromatic carbocycles. The van der Waals surface area contributed by atoms with Crippen LogP contribution in [0.5, 0.6) is 0 Å². The smallest absolute Gasteiger partial charge is 0.329 e. The summed E-state index contributed by atoms with van der Waals surface area (Å²) in [5.74, 6) is -1.09. The molecule has 0 fully saturated rings. The average molecular weight is 303 g/mol. The molecule has 0 unspecified atom stereocenters. The van der Waals surface area contributed by atoms with Crippen LogP contribution in [0.2, 0.25) is 0 Å². The average Bonchev–Trinajstić information content (AvgIpc) is 2.95. The van der Waals surface area contributed by atoms with Crippen LogP contribution in [0.4, 0.5) is 0 Å². The van der Waals surface area contributed by atoms with E-state index in [0.29, 0.717) is 5.82 Å². The second-order valence-electron chi connectivity index (χ2n) is 5.33. The molecule has 1 heterocycles. The third kappa shape index (κ3) is 3.11. The monoisotopic (exact) mass is 303 g/mol. The minimum Gasteiger partial charge on any atom is -0.480 e. The first kappa shape index (κ1) is 15.6. The number of likely N-dealkylation sites (N-methyl/N-ethyl adjacent to an activating group) is 1. The summed E-state index contributed by atoms with van der Waals surface area (Å²) < 4.78 is 0. The summed E-state index contributed by atoms with van der Waals surface area (Å²) in [5, 5.41) is 21.0. The molecule has 1 amide bonds. The molecule has 116 valence electrons. The van der Waals surface area contributed by atoms with Crippen LogP contribution < -0.4 is 0 Å². The van der Waals surface area contributed by atoms with Gasteiger partial charge in [0.05, 0.1) is 0 Å². The number of carbonyl (C=O) groups is 2. The molecule has 0 radical (unpaired) electrons. The predicted octanol–water partition coefficient (Wildman–Crippen LogP) is 0.662. The number of hydrogen-bond acceptors (Lipinski definition) is 5. The highest BCUT2D eigenvalue weighted by Crippen LogP contribution is 2.14. The van der Waals surface area contributed by atoms with Crippen LogP contribution in [-0.2, 0) is 16.1 Å². The summed E-state index contributed by atoms with van der Waals surface area (Å²) in [7, 11) is 1.44. The molecule has 0 aliphatic carbocycles. The summed E-state index contributed by atoms with van der Waals surface area (Å²) in [6, 6.07) is 9.25. The molecule has 0 bridgehead atoms. The Morgan fingerprint density at radius 1 is 1.27 bits per heavy atom. The molecule has 0 spiro atoms. The van der Waals surface area contributed by atoms with Crippen molar-refractivity contribution in [1.82, 2.24) is 25.1 Å². The van der Waals surface area contributed by atoms with Crippen molar-refractivity contribution in [2.24, 2.45) is 0 Å². The Kier molecular flexibility index (Phi) is 4.20. The van der Waals surface area contributed by atoms with Gasteiger partial charge in [0.15, 0.2) is 0 Å². The van der Waals surface area contributed by atoms with Gasteiger partial charge in [0.1, 0.15) is 12.1 Å². The first-order valence-electron chi connectivity index (χ1n) is 6.65. The van der Waals surface area contributed by atoms with Crippen LogP contribution in [0.3, 0.4) is 0 Å². The van der Waals surface area contributed by atoms with Crippen molar-refractivity contribution in [2.75, 3.05) is 7.05 Å². The van der Waals surface area contributed by atoms with Crippen LogP contribution in [0.25, 0.3) is 11.4 Å². The fourth-order valence-electron chi connectivity index (χ4n) is 1.70. The third-order valence-corrected chi connectivity index (χ3v) is 3.50. The quantitative estimate of drug-likeness (QED) is 0.870. The summed E-state index contributed by atoms with van der Waals surface area (Å²) in [5.41, 5.74) is -0.514. The van der Waals surface area contributed by atoms with E-state index in [0.717, 1.165) is 15.3 Å². The van der Waals surface area contributed by atoms with E-state index in [1.54, 1.807) is 0 Å². The summed E-state index contributed by atoms with van der Waals surface area (Å²) in [6.07, 6.45) is 0. The van der Waals surface area contributed by atoms with E-state index < -0.39 is 17.4 Å². The van der Waals surface area contributed by atoms with Crippen molar-refractivity contribution in [2.45, 2.75) is 25.9 Å². The molecule has 2 rings (SSSR count). The topological polar surface area (TPSA) is 101 Å². The Labute approximate surface area is 127 Å². The zero-order valence-electron chi connectivity index (χ0n) is 12.6. The van der Waals surface area contributed by atoms with Crippen molar-refractivity contribution in [3.05, 3.63) is 30.3 Å². The molecule has 2 aromatic rings. The normalized spacial score (nSPS) is 11.2. The Bertz CT molecular complexity index is 681. The zero-order chi connectivity index (χ0) is 16.3. The Morgan fingerprint density at radius 3 is 2.50 bits per heavy atom. The number of benzene rings is 1. The van der Waals surface area contributed by atoms with E-state index >= 15 is 0 Å². The third-order valence-electron chi connectivity index (χ3n) is 3.50. The summed E-state index contributed by atoms with van der Waals surface area (Å²) >= 11 is 0. The molecular formula is C14H17N5O3. The van der Waals surface area contributed by atoms with E-state index in [9.17, 15) is 9.59 Å². The van der Waals surface area contributed by atoms with E-state index in [1.807, 2.05) is 30.3 Å². The van der Waals surface area contributed by atoms with E-state index in [1.165, 1.54) is 20.9 Å². The molecule has 0 aliphatic rings. The lowest BCUT2D eigenvalue weighted by atomic mass is 10.0. The van der Waals surface area contributed by atoms with Gasteiger partial charge in [-0.25, -0.2) is 4.79 Å². The SMILES string of the molecule is CN(C(=O)Cn1nnc(-c2ccccc2)n1)C(C)(C)C(=O)O. The standard InChI is InChI=1S/C14H17N5O3/c1-14(2,13(21)22)18(3)11(20)9-19-16-12(15-17-19)10-7-5-4-6-8-10/h4-8H,9H2,1-3H3,(H,21,22). The minimum absolute atomic E-state index is 0.174. The Balaban J connectivity index is 2.10. The number of carbonyl (C=O) groups excluding carboxylic acids is 1. The van der Waals surface area contributed by atoms with Crippen molar-refractivity contribution in [3.8, 4) is 11.4 Å². The maximum absolute atomic E-state index is 12.1. The lowest BCUT2D eigenvalue weighted by Gasteiger charge is -2.31. The van der Waals surface area contributed by atoms with Gasteiger partial charge in [-0.1, -0.05) is 30.3 Å². The molecule has 0 saturated carbocycles. The van der Waals surface area contributed by atoms with Gasteiger partial charge in [-0.05, 0) is 19.1 Å². The number of rotatable bonds is 5. The van der Waals surface area contributed by atoms with Crippen LogP contribution in [0, 0.1) is 0 Å². The molecule has 1 aromatic heterocycles. The summed E-state index contributed by atoms with van der Waals surface area (Å²) in [6.45, 7) is 2.74. The number of carboxylic acid groups (broad SMARTS) is 1. The first-order chi connectivity index (χ1) is 10.3. The highest BCUT2D eigenvalue weighted by atomic mass is 16.4.